The largest absolute Gasteiger partial charge is 0.453 e. The molecule has 3 aromatic heterocycles. The van der Waals surface area contributed by atoms with E-state index in [1.54, 1.807) is 42.5 Å². The van der Waals surface area contributed by atoms with Gasteiger partial charge >= 0.3 is 12.5 Å². The van der Waals surface area contributed by atoms with Crippen LogP contribution >= 0.6 is 22.7 Å². The van der Waals surface area contributed by atoms with Gasteiger partial charge < -0.3 is 4.74 Å². The summed E-state index contributed by atoms with van der Waals surface area (Å²) in [5, 5.41) is 4.60. The van der Waals surface area contributed by atoms with Gasteiger partial charge in [-0.25, -0.2) is 14.8 Å². The highest BCUT2D eigenvalue weighted by atomic mass is 32.1. The Bertz CT molecular complexity index is 1100. The second-order valence-corrected chi connectivity index (χ2v) is 7.47. The Morgan fingerprint density at radius 1 is 1.26 bits per heavy atom. The van der Waals surface area contributed by atoms with Crippen LogP contribution in [0.1, 0.15) is 27.7 Å². The first-order valence-electron chi connectivity index (χ1n) is 7.95. The van der Waals surface area contributed by atoms with Crippen LogP contribution in [0.2, 0.25) is 0 Å². The summed E-state index contributed by atoms with van der Waals surface area (Å²) in [6, 6.07) is 8.49. The van der Waals surface area contributed by atoms with Gasteiger partial charge in [-0.2, -0.15) is 20.1 Å². The number of nitrogens with zero attached hydrogens (tertiary/aromatic N) is 3. The van der Waals surface area contributed by atoms with Crippen molar-refractivity contribution < 1.29 is 18.3 Å². The van der Waals surface area contributed by atoms with Crippen molar-refractivity contribution in [2.75, 3.05) is 0 Å². The summed E-state index contributed by atoms with van der Waals surface area (Å²) in [7, 11) is 0. The van der Waals surface area contributed by atoms with Crippen molar-refractivity contribution >= 4 is 39.7 Å². The number of thiazole rings is 1. The van der Waals surface area contributed by atoms with Crippen molar-refractivity contribution in [3.8, 4) is 10.6 Å². The van der Waals surface area contributed by atoms with Crippen LogP contribution in [0.5, 0.6) is 0 Å². The first-order valence-corrected chi connectivity index (χ1v) is 9.71. The number of ether oxygens (including phenoxy) is 1. The lowest BCUT2D eigenvalue weighted by molar-refractivity contribution is 0.0391. The fourth-order valence-electron chi connectivity index (χ4n) is 2.71. The number of benzene rings is 1. The Morgan fingerprint density at radius 2 is 2.07 bits per heavy atom. The first-order chi connectivity index (χ1) is 13.0. The van der Waals surface area contributed by atoms with E-state index in [0.29, 0.717) is 21.6 Å². The molecule has 5 nitrogen and oxygen atoms in total. The molecule has 0 unspecified atom stereocenters. The number of hydrogen-bond donors (Lipinski definition) is 0. The molecule has 0 saturated carbocycles. The number of imidazole rings is 1. The fourth-order valence-corrected chi connectivity index (χ4v) is 4.38. The van der Waals surface area contributed by atoms with Crippen molar-refractivity contribution in [2.45, 2.75) is 20.1 Å². The summed E-state index contributed by atoms with van der Waals surface area (Å²) < 4.78 is 32.9. The summed E-state index contributed by atoms with van der Waals surface area (Å²) in [5.41, 5.74) is 2.21. The molecule has 3 heterocycles. The standard InChI is InChI=1S/C18H13F2N3O2S2/c1-10-15(27-16(21-10)11-6-7-26-9-11)17(24)25-8-14-22-12-4-2-3-5-13(12)23(14)18(19)20/h2-7,9,18H,8H2,1H3. The van der Waals surface area contributed by atoms with Crippen LogP contribution in [-0.4, -0.2) is 20.5 Å². The number of rotatable bonds is 5. The van der Waals surface area contributed by atoms with Gasteiger partial charge in [0.05, 0.1) is 16.7 Å². The number of aromatic nitrogens is 3. The molecule has 0 N–H and O–H groups in total. The topological polar surface area (TPSA) is 57.0 Å². The van der Waals surface area contributed by atoms with Crippen molar-refractivity contribution in [3.05, 3.63) is 57.5 Å². The zero-order chi connectivity index (χ0) is 19.0. The van der Waals surface area contributed by atoms with Gasteiger partial charge in [-0.15, -0.1) is 11.3 Å². The van der Waals surface area contributed by atoms with Crippen LogP contribution in [-0.2, 0) is 11.3 Å². The van der Waals surface area contributed by atoms with E-state index in [1.807, 2.05) is 16.8 Å². The van der Waals surface area contributed by atoms with Gasteiger partial charge in [-0.1, -0.05) is 12.1 Å². The lowest BCUT2D eigenvalue weighted by Gasteiger charge is -2.08. The number of carbonyl (C=O) groups excluding carboxylic acids is 1. The van der Waals surface area contributed by atoms with E-state index in [-0.39, 0.29) is 12.4 Å². The van der Waals surface area contributed by atoms with E-state index in [2.05, 4.69) is 9.97 Å². The molecule has 0 aliphatic carbocycles. The summed E-state index contributed by atoms with van der Waals surface area (Å²) in [6.07, 6.45) is 0. The zero-order valence-electron chi connectivity index (χ0n) is 14.1. The number of halogens is 2. The normalized spacial score (nSPS) is 11.4. The van der Waals surface area contributed by atoms with Gasteiger partial charge in [-0.3, -0.25) is 4.57 Å². The highest BCUT2D eigenvalue weighted by molar-refractivity contribution is 7.17. The third-order valence-electron chi connectivity index (χ3n) is 3.95. The number of aryl methyl sites for hydroxylation is 1. The molecule has 9 heteroatoms. The fraction of sp³-hybridized carbons (Fsp3) is 0.167. The molecule has 0 aliphatic heterocycles. The molecule has 0 fully saturated rings. The number of fused-ring (bicyclic) bond motifs is 1. The number of para-hydroxylation sites is 2. The second-order valence-electron chi connectivity index (χ2n) is 5.69. The molecule has 4 rings (SSSR count). The van der Waals surface area contributed by atoms with Gasteiger partial charge in [0.15, 0.2) is 5.82 Å². The van der Waals surface area contributed by atoms with E-state index in [1.165, 1.54) is 11.3 Å². The van der Waals surface area contributed by atoms with Crippen molar-refractivity contribution in [3.63, 3.8) is 0 Å². The number of alkyl halides is 2. The van der Waals surface area contributed by atoms with Gasteiger partial charge in [0, 0.05) is 10.9 Å². The average molecular weight is 405 g/mol. The Morgan fingerprint density at radius 3 is 2.81 bits per heavy atom. The summed E-state index contributed by atoms with van der Waals surface area (Å²) in [6.45, 7) is -1.40. The molecular formula is C18H13F2N3O2S2. The maximum Gasteiger partial charge on any atom is 0.350 e. The minimum absolute atomic E-state index is 0.000207. The van der Waals surface area contributed by atoms with Gasteiger partial charge in [0.25, 0.3) is 0 Å². The predicted molar refractivity (Wildman–Crippen MR) is 100 cm³/mol. The Balaban J connectivity index is 1.57. The summed E-state index contributed by atoms with van der Waals surface area (Å²) in [5.74, 6) is -0.598. The highest BCUT2D eigenvalue weighted by Crippen LogP contribution is 2.30. The SMILES string of the molecule is Cc1nc(-c2ccsc2)sc1C(=O)OCc1nc2ccccc2n1C(F)F. The number of hydrogen-bond acceptors (Lipinski definition) is 6. The van der Waals surface area contributed by atoms with Gasteiger partial charge in [0.1, 0.15) is 16.5 Å². The van der Waals surface area contributed by atoms with Crippen LogP contribution in [0.4, 0.5) is 8.78 Å². The van der Waals surface area contributed by atoms with E-state index < -0.39 is 12.5 Å². The Hall–Kier alpha value is -2.65. The molecule has 138 valence electrons. The summed E-state index contributed by atoms with van der Waals surface area (Å²) in [4.78, 5) is 21.4. The maximum absolute atomic E-state index is 13.4. The van der Waals surface area contributed by atoms with Crippen molar-refractivity contribution in [2.24, 2.45) is 0 Å². The molecule has 4 aromatic rings. The first kappa shape index (κ1) is 17.7. The van der Waals surface area contributed by atoms with Crippen LogP contribution in [0.15, 0.2) is 41.1 Å². The molecule has 0 radical (unpaired) electrons. The van der Waals surface area contributed by atoms with Crippen molar-refractivity contribution in [1.82, 2.24) is 14.5 Å². The molecule has 0 spiro atoms. The molecule has 0 amide bonds. The minimum atomic E-state index is -2.78. The van der Waals surface area contributed by atoms with E-state index in [4.69, 9.17) is 4.74 Å². The van der Waals surface area contributed by atoms with Crippen molar-refractivity contribution in [1.29, 1.82) is 0 Å². The van der Waals surface area contributed by atoms with Crippen LogP contribution in [0, 0.1) is 6.92 Å². The Labute approximate surface area is 160 Å². The molecule has 0 saturated heterocycles. The Kier molecular flexibility index (Phi) is 4.71. The lowest BCUT2D eigenvalue weighted by Crippen LogP contribution is -2.10. The minimum Gasteiger partial charge on any atom is -0.453 e. The molecule has 27 heavy (non-hydrogen) atoms. The lowest BCUT2D eigenvalue weighted by atomic mass is 10.3. The van der Waals surface area contributed by atoms with Gasteiger partial charge in [0.2, 0.25) is 0 Å². The molecule has 0 aliphatic rings. The summed E-state index contributed by atoms with van der Waals surface area (Å²) >= 11 is 2.76. The second kappa shape index (κ2) is 7.16. The molecule has 0 atom stereocenters. The van der Waals surface area contributed by atoms with E-state index in [0.717, 1.165) is 15.1 Å². The third kappa shape index (κ3) is 3.35. The maximum atomic E-state index is 13.4. The molecular weight excluding hydrogens is 392 g/mol. The van der Waals surface area contributed by atoms with Crippen LogP contribution < -0.4 is 0 Å². The van der Waals surface area contributed by atoms with E-state index >= 15 is 0 Å². The smallest absolute Gasteiger partial charge is 0.350 e. The van der Waals surface area contributed by atoms with E-state index in [9.17, 15) is 13.6 Å². The van der Waals surface area contributed by atoms with Crippen LogP contribution in [0.3, 0.4) is 0 Å². The predicted octanol–water partition coefficient (Wildman–Crippen LogP) is 5.28. The number of thiophene rings is 1. The monoisotopic (exact) mass is 405 g/mol. The highest BCUT2D eigenvalue weighted by Gasteiger charge is 2.21. The third-order valence-corrected chi connectivity index (χ3v) is 5.82. The van der Waals surface area contributed by atoms with Gasteiger partial charge in [-0.05, 0) is 30.5 Å². The average Bonchev–Trinajstić information content (AvgIpc) is 3.36. The van der Waals surface area contributed by atoms with Crippen LogP contribution in [0.25, 0.3) is 21.6 Å². The molecule has 0 bridgehead atoms. The molecule has 1 aromatic carbocycles. The number of esters is 1. The quantitative estimate of drug-likeness (QED) is 0.424. The zero-order valence-corrected chi connectivity index (χ0v) is 15.7. The number of carbonyl (C=O) groups is 1.